The van der Waals surface area contributed by atoms with E-state index in [0.717, 1.165) is 32.8 Å². The van der Waals surface area contributed by atoms with Crippen LogP contribution in [0.5, 0.6) is 0 Å². The molecule has 0 saturated carbocycles. The van der Waals surface area contributed by atoms with Crippen molar-refractivity contribution in [1.82, 2.24) is 10.2 Å². The Labute approximate surface area is 104 Å². The summed E-state index contributed by atoms with van der Waals surface area (Å²) in [6.07, 6.45) is 5.96. The molecular formula is C13H24N2O2. The second-order valence-corrected chi connectivity index (χ2v) is 4.32. The van der Waals surface area contributed by atoms with Crippen LogP contribution in [0.4, 0.5) is 0 Å². The fourth-order valence-corrected chi connectivity index (χ4v) is 1.70. The first-order valence-electron chi connectivity index (χ1n) is 6.22. The molecule has 0 bridgehead atoms. The zero-order chi connectivity index (χ0) is 12.3. The maximum atomic E-state index is 5.05. The molecule has 0 aliphatic heterocycles. The van der Waals surface area contributed by atoms with Gasteiger partial charge in [-0.25, -0.2) is 0 Å². The van der Waals surface area contributed by atoms with Gasteiger partial charge < -0.3 is 19.4 Å². The first-order chi connectivity index (χ1) is 8.33. The van der Waals surface area contributed by atoms with Crippen molar-refractivity contribution in [2.75, 3.05) is 40.4 Å². The summed E-state index contributed by atoms with van der Waals surface area (Å²) in [6.45, 7) is 4.90. The maximum absolute atomic E-state index is 5.05. The Balaban J connectivity index is 1.92. The first kappa shape index (κ1) is 14.2. The van der Waals surface area contributed by atoms with Crippen LogP contribution in [0.3, 0.4) is 0 Å². The van der Waals surface area contributed by atoms with E-state index < -0.39 is 0 Å². The quantitative estimate of drug-likeness (QED) is 0.632. The molecule has 0 spiro atoms. The fraction of sp³-hybridized carbons (Fsp3) is 0.692. The van der Waals surface area contributed by atoms with Gasteiger partial charge in [-0.05, 0) is 39.0 Å². The van der Waals surface area contributed by atoms with Crippen molar-refractivity contribution >= 4 is 0 Å². The van der Waals surface area contributed by atoms with E-state index in [1.165, 1.54) is 18.4 Å². The van der Waals surface area contributed by atoms with Crippen molar-refractivity contribution < 1.29 is 9.15 Å². The van der Waals surface area contributed by atoms with Gasteiger partial charge in [0.15, 0.2) is 0 Å². The number of ether oxygens (including phenoxy) is 1. The molecule has 1 heterocycles. The van der Waals surface area contributed by atoms with Crippen molar-refractivity contribution in [1.29, 1.82) is 0 Å². The summed E-state index contributed by atoms with van der Waals surface area (Å²) in [5.41, 5.74) is 1.24. The Morgan fingerprint density at radius 2 is 2.24 bits per heavy atom. The lowest BCUT2D eigenvalue weighted by atomic mass is 10.2. The number of nitrogens with zero attached hydrogens (tertiary/aromatic N) is 1. The summed E-state index contributed by atoms with van der Waals surface area (Å²) in [7, 11) is 3.87. The van der Waals surface area contributed by atoms with E-state index in [1.807, 2.05) is 12.3 Å². The molecular weight excluding hydrogens is 216 g/mol. The minimum Gasteiger partial charge on any atom is -0.472 e. The molecule has 1 rings (SSSR count). The molecule has 98 valence electrons. The maximum Gasteiger partial charge on any atom is 0.0947 e. The highest BCUT2D eigenvalue weighted by atomic mass is 16.5. The van der Waals surface area contributed by atoms with Crippen LogP contribution >= 0.6 is 0 Å². The Bertz CT molecular complexity index is 262. The lowest BCUT2D eigenvalue weighted by molar-refractivity contribution is 0.199. The average Bonchev–Trinajstić information content (AvgIpc) is 2.80. The monoisotopic (exact) mass is 240 g/mol. The molecule has 1 aromatic heterocycles. The smallest absolute Gasteiger partial charge is 0.0947 e. The number of hydrogen-bond acceptors (Lipinski definition) is 4. The highest BCUT2D eigenvalue weighted by molar-refractivity contribution is 5.04. The Morgan fingerprint density at radius 3 is 2.94 bits per heavy atom. The molecule has 0 fully saturated rings. The standard InChI is InChI=1S/C13H24N2O2/c1-15(11-13-5-9-17-12-13)8-4-3-6-14-7-10-16-2/h5,9,12,14H,3-4,6-8,10-11H2,1-2H3. The van der Waals surface area contributed by atoms with E-state index in [-0.39, 0.29) is 0 Å². The third-order valence-electron chi connectivity index (χ3n) is 2.66. The van der Waals surface area contributed by atoms with Gasteiger partial charge >= 0.3 is 0 Å². The van der Waals surface area contributed by atoms with Gasteiger partial charge in [0.1, 0.15) is 0 Å². The van der Waals surface area contributed by atoms with Crippen LogP contribution in [0, 0.1) is 0 Å². The van der Waals surface area contributed by atoms with Gasteiger partial charge in [-0.15, -0.1) is 0 Å². The second kappa shape index (κ2) is 9.22. The molecule has 0 unspecified atom stereocenters. The van der Waals surface area contributed by atoms with E-state index in [4.69, 9.17) is 9.15 Å². The molecule has 1 N–H and O–H groups in total. The third kappa shape index (κ3) is 7.15. The number of unbranched alkanes of at least 4 members (excludes halogenated alkanes) is 1. The van der Waals surface area contributed by atoms with Gasteiger partial charge in [0, 0.05) is 25.8 Å². The van der Waals surface area contributed by atoms with Gasteiger partial charge in [0.05, 0.1) is 19.1 Å². The predicted octanol–water partition coefficient (Wildman–Crippen LogP) is 1.73. The van der Waals surface area contributed by atoms with Crippen molar-refractivity contribution in [2.45, 2.75) is 19.4 Å². The summed E-state index contributed by atoms with van der Waals surface area (Å²) in [5, 5.41) is 3.35. The van der Waals surface area contributed by atoms with Crippen molar-refractivity contribution in [3.63, 3.8) is 0 Å². The fourth-order valence-electron chi connectivity index (χ4n) is 1.70. The van der Waals surface area contributed by atoms with E-state index in [0.29, 0.717) is 0 Å². The highest BCUT2D eigenvalue weighted by Gasteiger charge is 2.00. The van der Waals surface area contributed by atoms with E-state index in [2.05, 4.69) is 17.3 Å². The van der Waals surface area contributed by atoms with Crippen molar-refractivity contribution in [3.05, 3.63) is 24.2 Å². The average molecular weight is 240 g/mol. The second-order valence-electron chi connectivity index (χ2n) is 4.32. The molecule has 4 heteroatoms. The number of nitrogens with one attached hydrogen (secondary N) is 1. The van der Waals surface area contributed by atoms with Crippen LogP contribution in [-0.2, 0) is 11.3 Å². The lowest BCUT2D eigenvalue weighted by Gasteiger charge is -2.15. The summed E-state index contributed by atoms with van der Waals surface area (Å²) >= 11 is 0. The highest BCUT2D eigenvalue weighted by Crippen LogP contribution is 2.04. The van der Waals surface area contributed by atoms with Gasteiger partial charge in [-0.3, -0.25) is 0 Å². The molecule has 0 amide bonds. The van der Waals surface area contributed by atoms with Gasteiger partial charge in [0.25, 0.3) is 0 Å². The van der Waals surface area contributed by atoms with Crippen LogP contribution in [0.25, 0.3) is 0 Å². The van der Waals surface area contributed by atoms with Crippen molar-refractivity contribution in [2.24, 2.45) is 0 Å². The number of hydrogen-bond donors (Lipinski definition) is 1. The summed E-state index contributed by atoms with van der Waals surface area (Å²) in [5.74, 6) is 0. The van der Waals surface area contributed by atoms with Gasteiger partial charge in [0.2, 0.25) is 0 Å². The van der Waals surface area contributed by atoms with Crippen molar-refractivity contribution in [3.8, 4) is 0 Å². The number of rotatable bonds is 10. The van der Waals surface area contributed by atoms with Crippen LogP contribution in [0.15, 0.2) is 23.0 Å². The van der Waals surface area contributed by atoms with Crippen LogP contribution in [0.1, 0.15) is 18.4 Å². The molecule has 0 radical (unpaired) electrons. The topological polar surface area (TPSA) is 37.6 Å². The minimum atomic E-state index is 0.792. The lowest BCUT2D eigenvalue weighted by Crippen LogP contribution is -2.23. The van der Waals surface area contributed by atoms with Crippen LogP contribution in [-0.4, -0.2) is 45.3 Å². The summed E-state index contributed by atoms with van der Waals surface area (Å²) in [4.78, 5) is 2.32. The molecule has 0 atom stereocenters. The number of methoxy groups -OCH3 is 1. The number of furan rings is 1. The zero-order valence-corrected chi connectivity index (χ0v) is 10.9. The van der Waals surface area contributed by atoms with E-state index in [1.54, 1.807) is 13.4 Å². The van der Waals surface area contributed by atoms with E-state index in [9.17, 15) is 0 Å². The van der Waals surface area contributed by atoms with Gasteiger partial charge in [-0.1, -0.05) is 0 Å². The zero-order valence-electron chi connectivity index (χ0n) is 10.9. The molecule has 0 aromatic carbocycles. The molecule has 0 aliphatic rings. The first-order valence-corrected chi connectivity index (χ1v) is 6.22. The SMILES string of the molecule is COCCNCCCCN(C)Cc1ccoc1. The molecule has 0 aliphatic carbocycles. The normalized spacial score (nSPS) is 11.2. The largest absolute Gasteiger partial charge is 0.472 e. The Morgan fingerprint density at radius 1 is 1.35 bits per heavy atom. The Kier molecular flexibility index (Phi) is 7.71. The molecule has 4 nitrogen and oxygen atoms in total. The molecule has 0 saturated heterocycles. The summed E-state index contributed by atoms with van der Waals surface area (Å²) < 4.78 is 10.0. The molecule has 17 heavy (non-hydrogen) atoms. The Hall–Kier alpha value is -0.840. The van der Waals surface area contributed by atoms with Crippen LogP contribution < -0.4 is 5.32 Å². The predicted molar refractivity (Wildman–Crippen MR) is 69.0 cm³/mol. The van der Waals surface area contributed by atoms with Crippen LogP contribution in [0.2, 0.25) is 0 Å². The van der Waals surface area contributed by atoms with E-state index >= 15 is 0 Å². The minimum absolute atomic E-state index is 0.792. The third-order valence-corrected chi connectivity index (χ3v) is 2.66. The molecule has 1 aromatic rings. The van der Waals surface area contributed by atoms with Gasteiger partial charge in [-0.2, -0.15) is 0 Å². The summed E-state index contributed by atoms with van der Waals surface area (Å²) in [6, 6.07) is 2.02.